The zero-order chi connectivity index (χ0) is 14.0. The van der Waals surface area contributed by atoms with E-state index in [0.717, 1.165) is 0 Å². The van der Waals surface area contributed by atoms with Gasteiger partial charge in [-0.2, -0.15) is 0 Å². The summed E-state index contributed by atoms with van der Waals surface area (Å²) in [6.07, 6.45) is 5.23. The Morgan fingerprint density at radius 2 is 1.89 bits per heavy atom. The maximum absolute atomic E-state index is 6.11. The van der Waals surface area contributed by atoms with Crippen molar-refractivity contribution in [2.24, 2.45) is 5.41 Å². The van der Waals surface area contributed by atoms with E-state index in [1.807, 2.05) is 0 Å². The number of anilines is 1. The van der Waals surface area contributed by atoms with E-state index in [2.05, 4.69) is 50.9 Å². The summed E-state index contributed by atoms with van der Waals surface area (Å²) in [6.45, 7) is 6.90. The molecular weight excluding hydrogens is 254 g/mol. The summed E-state index contributed by atoms with van der Waals surface area (Å²) < 4.78 is 0. The van der Waals surface area contributed by atoms with Gasteiger partial charge in [0, 0.05) is 24.7 Å². The molecule has 0 unspecified atom stereocenters. The van der Waals surface area contributed by atoms with E-state index in [-0.39, 0.29) is 0 Å². The number of nitrogens with zero attached hydrogens (tertiary/aromatic N) is 1. The van der Waals surface area contributed by atoms with Crippen LogP contribution in [0.2, 0.25) is 0 Å². The zero-order valence-corrected chi connectivity index (χ0v) is 13.4. The predicted molar refractivity (Wildman–Crippen MR) is 85.2 cm³/mol. The first-order valence-corrected chi connectivity index (χ1v) is 7.85. The second-order valence-electron chi connectivity index (χ2n) is 6.77. The van der Waals surface area contributed by atoms with Gasteiger partial charge in [-0.25, -0.2) is 0 Å². The SMILES string of the molecule is Cc1ccc(N(C)C2CCC(C)(C)CC2)c(CCl)c1. The Labute approximate surface area is 123 Å². The van der Waals surface area contributed by atoms with Crippen molar-refractivity contribution in [3.05, 3.63) is 29.3 Å². The van der Waals surface area contributed by atoms with Crippen molar-refractivity contribution in [2.75, 3.05) is 11.9 Å². The monoisotopic (exact) mass is 279 g/mol. The van der Waals surface area contributed by atoms with Crippen LogP contribution in [0.4, 0.5) is 5.69 Å². The molecule has 1 aromatic rings. The van der Waals surface area contributed by atoms with Crippen LogP contribution in [0.5, 0.6) is 0 Å². The van der Waals surface area contributed by atoms with Crippen LogP contribution in [0.15, 0.2) is 18.2 Å². The number of hydrogen-bond acceptors (Lipinski definition) is 1. The summed E-state index contributed by atoms with van der Waals surface area (Å²) in [5.74, 6) is 0.597. The average Bonchev–Trinajstić information content (AvgIpc) is 2.37. The third-order valence-corrected chi connectivity index (χ3v) is 4.90. The number of halogens is 1. The lowest BCUT2D eigenvalue weighted by Crippen LogP contribution is -2.37. The summed E-state index contributed by atoms with van der Waals surface area (Å²) in [4.78, 5) is 2.45. The number of rotatable bonds is 3. The summed E-state index contributed by atoms with van der Waals surface area (Å²) in [6, 6.07) is 7.30. The van der Waals surface area contributed by atoms with Gasteiger partial charge in [-0.1, -0.05) is 31.5 Å². The van der Waals surface area contributed by atoms with Crippen LogP contribution < -0.4 is 4.90 Å². The molecule has 0 amide bonds. The Balaban J connectivity index is 2.14. The summed E-state index contributed by atoms with van der Waals surface area (Å²) in [5, 5.41) is 0. The van der Waals surface area contributed by atoms with E-state index in [0.29, 0.717) is 17.3 Å². The molecule has 0 aliphatic heterocycles. The highest BCUT2D eigenvalue weighted by Gasteiger charge is 2.29. The fraction of sp³-hybridized carbons (Fsp3) is 0.647. The lowest BCUT2D eigenvalue weighted by Gasteiger charge is -2.40. The molecule has 2 rings (SSSR count). The minimum Gasteiger partial charge on any atom is -0.371 e. The Morgan fingerprint density at radius 3 is 2.47 bits per heavy atom. The molecule has 1 aliphatic rings. The largest absolute Gasteiger partial charge is 0.371 e. The van der Waals surface area contributed by atoms with Crippen molar-refractivity contribution < 1.29 is 0 Å². The Hall–Kier alpha value is -0.690. The molecule has 0 saturated heterocycles. The number of benzene rings is 1. The van der Waals surface area contributed by atoms with E-state index in [4.69, 9.17) is 11.6 Å². The normalized spacial score (nSPS) is 19.4. The smallest absolute Gasteiger partial charge is 0.0494 e. The molecule has 0 heterocycles. The van der Waals surface area contributed by atoms with Crippen LogP contribution in [0.3, 0.4) is 0 Å². The lowest BCUT2D eigenvalue weighted by molar-refractivity contribution is 0.222. The highest BCUT2D eigenvalue weighted by Crippen LogP contribution is 2.38. The maximum atomic E-state index is 6.11. The van der Waals surface area contributed by atoms with E-state index in [9.17, 15) is 0 Å². The van der Waals surface area contributed by atoms with Gasteiger partial charge in [0.15, 0.2) is 0 Å². The van der Waals surface area contributed by atoms with Gasteiger partial charge in [-0.05, 0) is 49.7 Å². The van der Waals surface area contributed by atoms with Gasteiger partial charge in [-0.15, -0.1) is 11.6 Å². The van der Waals surface area contributed by atoms with Gasteiger partial charge >= 0.3 is 0 Å². The topological polar surface area (TPSA) is 3.24 Å². The Kier molecular flexibility index (Phi) is 4.45. The predicted octanol–water partition coefficient (Wildman–Crippen LogP) is 5.14. The first-order valence-electron chi connectivity index (χ1n) is 7.31. The summed E-state index contributed by atoms with van der Waals surface area (Å²) in [5.41, 5.74) is 4.39. The highest BCUT2D eigenvalue weighted by molar-refractivity contribution is 6.17. The zero-order valence-electron chi connectivity index (χ0n) is 12.7. The fourth-order valence-electron chi connectivity index (χ4n) is 3.13. The summed E-state index contributed by atoms with van der Waals surface area (Å²) >= 11 is 6.11. The molecule has 0 aromatic heterocycles. The van der Waals surface area contributed by atoms with Crippen LogP contribution in [0, 0.1) is 12.3 Å². The van der Waals surface area contributed by atoms with E-state index in [1.54, 1.807) is 0 Å². The lowest BCUT2D eigenvalue weighted by atomic mass is 9.75. The van der Waals surface area contributed by atoms with E-state index in [1.165, 1.54) is 42.5 Å². The van der Waals surface area contributed by atoms with Crippen LogP contribution in [-0.2, 0) is 5.88 Å². The molecule has 1 fully saturated rings. The Morgan fingerprint density at radius 1 is 1.26 bits per heavy atom. The standard InChI is InChI=1S/C17H26ClN/c1-13-5-6-16(14(11-13)12-18)19(4)15-7-9-17(2,3)10-8-15/h5-6,11,15H,7-10,12H2,1-4H3. The molecule has 1 saturated carbocycles. The quantitative estimate of drug-likeness (QED) is 0.693. The van der Waals surface area contributed by atoms with Crippen molar-refractivity contribution in [1.29, 1.82) is 0 Å². The second kappa shape index (κ2) is 5.75. The van der Waals surface area contributed by atoms with E-state index < -0.39 is 0 Å². The first kappa shape index (κ1) is 14.7. The molecule has 0 bridgehead atoms. The van der Waals surface area contributed by atoms with Gasteiger partial charge in [0.1, 0.15) is 0 Å². The van der Waals surface area contributed by atoms with Crippen molar-refractivity contribution in [3.8, 4) is 0 Å². The molecule has 0 radical (unpaired) electrons. The molecule has 0 spiro atoms. The minimum absolute atomic E-state index is 0.528. The third kappa shape index (κ3) is 3.45. The Bertz CT molecular complexity index is 429. The van der Waals surface area contributed by atoms with Crippen molar-refractivity contribution >= 4 is 17.3 Å². The number of hydrogen-bond donors (Lipinski definition) is 0. The molecular formula is C17H26ClN. The van der Waals surface area contributed by atoms with Gasteiger partial charge in [-0.3, -0.25) is 0 Å². The molecule has 0 atom stereocenters. The number of alkyl halides is 1. The summed E-state index contributed by atoms with van der Waals surface area (Å²) in [7, 11) is 2.23. The average molecular weight is 280 g/mol. The molecule has 1 nitrogen and oxygen atoms in total. The van der Waals surface area contributed by atoms with Crippen LogP contribution >= 0.6 is 11.6 Å². The van der Waals surface area contributed by atoms with Crippen molar-refractivity contribution in [3.63, 3.8) is 0 Å². The second-order valence-corrected chi connectivity index (χ2v) is 7.04. The minimum atomic E-state index is 0.528. The number of aryl methyl sites for hydroxylation is 1. The van der Waals surface area contributed by atoms with Gasteiger partial charge in [0.2, 0.25) is 0 Å². The molecule has 2 heteroatoms. The van der Waals surface area contributed by atoms with Crippen LogP contribution in [-0.4, -0.2) is 13.1 Å². The molecule has 0 N–H and O–H groups in total. The van der Waals surface area contributed by atoms with E-state index >= 15 is 0 Å². The fourth-order valence-corrected chi connectivity index (χ4v) is 3.35. The highest BCUT2D eigenvalue weighted by atomic mass is 35.5. The molecule has 19 heavy (non-hydrogen) atoms. The molecule has 1 aliphatic carbocycles. The van der Waals surface area contributed by atoms with Crippen molar-refractivity contribution in [2.45, 2.75) is 58.4 Å². The van der Waals surface area contributed by atoms with Gasteiger partial charge < -0.3 is 4.90 Å². The maximum Gasteiger partial charge on any atom is 0.0494 e. The van der Waals surface area contributed by atoms with Gasteiger partial charge in [0.05, 0.1) is 0 Å². The molecule has 106 valence electrons. The molecule has 1 aromatic carbocycles. The van der Waals surface area contributed by atoms with Crippen LogP contribution in [0.1, 0.15) is 50.7 Å². The third-order valence-electron chi connectivity index (χ3n) is 4.62. The van der Waals surface area contributed by atoms with Gasteiger partial charge in [0.25, 0.3) is 0 Å². The van der Waals surface area contributed by atoms with Crippen molar-refractivity contribution in [1.82, 2.24) is 0 Å². The van der Waals surface area contributed by atoms with Crippen LogP contribution in [0.25, 0.3) is 0 Å². The first-order chi connectivity index (χ1) is 8.93.